The molecule has 0 spiro atoms. The molecule has 0 aromatic rings. The van der Waals surface area contributed by atoms with Crippen LogP contribution in [0.4, 0.5) is 0 Å². The Bertz CT molecular complexity index is 117. The smallest absolute Gasteiger partial charge is 0.0468 e. The van der Waals surface area contributed by atoms with Crippen molar-refractivity contribution in [2.24, 2.45) is 5.92 Å². The molecule has 0 rings (SSSR count). The molecule has 0 aromatic heterocycles. The number of rotatable bonds is 7. The van der Waals surface area contributed by atoms with Gasteiger partial charge in [0.25, 0.3) is 0 Å². The monoisotopic (exact) mass is 188 g/mol. The van der Waals surface area contributed by atoms with Crippen LogP contribution < -0.4 is 5.32 Å². The highest BCUT2D eigenvalue weighted by Crippen LogP contribution is 1.92. The Labute approximate surface area is 82.1 Å². The zero-order valence-corrected chi connectivity index (χ0v) is 9.38. The van der Waals surface area contributed by atoms with Crippen LogP contribution in [-0.2, 0) is 0 Å². The largest absolute Gasteiger partial charge is 0.396 e. The number of aliphatic hydroxyl groups excluding tert-OH is 1. The highest BCUT2D eigenvalue weighted by molar-refractivity contribution is 4.60. The lowest BCUT2D eigenvalue weighted by Gasteiger charge is -2.21. The van der Waals surface area contributed by atoms with Crippen molar-refractivity contribution in [2.75, 3.05) is 33.3 Å². The fourth-order valence-electron chi connectivity index (χ4n) is 0.927. The van der Waals surface area contributed by atoms with Crippen LogP contribution >= 0.6 is 0 Å². The minimum atomic E-state index is 0.271. The van der Waals surface area contributed by atoms with Crippen molar-refractivity contribution in [2.45, 2.75) is 26.8 Å². The van der Waals surface area contributed by atoms with Gasteiger partial charge in [0.15, 0.2) is 0 Å². The van der Waals surface area contributed by atoms with E-state index in [4.69, 9.17) is 5.11 Å². The molecule has 1 unspecified atom stereocenters. The average molecular weight is 188 g/mol. The van der Waals surface area contributed by atoms with Crippen LogP contribution in [-0.4, -0.2) is 49.3 Å². The van der Waals surface area contributed by atoms with E-state index >= 15 is 0 Å². The van der Waals surface area contributed by atoms with E-state index in [0.29, 0.717) is 12.0 Å². The summed E-state index contributed by atoms with van der Waals surface area (Å²) >= 11 is 0. The number of hydrogen-bond donors (Lipinski definition) is 2. The lowest BCUT2D eigenvalue weighted by atomic mass is 10.2. The molecule has 0 radical (unpaired) electrons. The molecule has 3 heteroatoms. The topological polar surface area (TPSA) is 35.5 Å². The summed E-state index contributed by atoms with van der Waals surface area (Å²) in [6, 6.07) is 0.608. The maximum atomic E-state index is 8.78. The van der Waals surface area contributed by atoms with Gasteiger partial charge in [-0.05, 0) is 33.4 Å². The first-order valence-corrected chi connectivity index (χ1v) is 5.09. The normalized spacial score (nSPS) is 14.1. The fourth-order valence-corrected chi connectivity index (χ4v) is 0.927. The summed E-state index contributed by atoms with van der Waals surface area (Å²) in [6.45, 7) is 9.66. The summed E-state index contributed by atoms with van der Waals surface area (Å²) in [4.78, 5) is 2.30. The van der Waals surface area contributed by atoms with E-state index in [1.165, 1.54) is 0 Å². The summed E-state index contributed by atoms with van der Waals surface area (Å²) in [5, 5.41) is 12.1. The summed E-state index contributed by atoms with van der Waals surface area (Å²) in [7, 11) is 2.13. The number of hydrogen-bond acceptors (Lipinski definition) is 3. The molecule has 1 atom stereocenters. The van der Waals surface area contributed by atoms with Gasteiger partial charge in [-0.1, -0.05) is 6.92 Å². The molecule has 13 heavy (non-hydrogen) atoms. The highest BCUT2D eigenvalue weighted by atomic mass is 16.3. The van der Waals surface area contributed by atoms with Crippen molar-refractivity contribution in [3.63, 3.8) is 0 Å². The number of nitrogens with zero attached hydrogens (tertiary/aromatic N) is 1. The van der Waals surface area contributed by atoms with Gasteiger partial charge in [-0.2, -0.15) is 0 Å². The third-order valence-electron chi connectivity index (χ3n) is 2.33. The Morgan fingerprint density at radius 1 is 1.31 bits per heavy atom. The maximum absolute atomic E-state index is 8.78. The van der Waals surface area contributed by atoms with Crippen molar-refractivity contribution in [3.8, 4) is 0 Å². The van der Waals surface area contributed by atoms with Gasteiger partial charge in [0.2, 0.25) is 0 Å². The lowest BCUT2D eigenvalue weighted by Crippen LogP contribution is -2.35. The molecule has 0 heterocycles. The second kappa shape index (κ2) is 7.30. The maximum Gasteiger partial charge on any atom is 0.0468 e. The summed E-state index contributed by atoms with van der Waals surface area (Å²) in [5.41, 5.74) is 0. The summed E-state index contributed by atoms with van der Waals surface area (Å²) in [5.74, 6) is 0.365. The van der Waals surface area contributed by atoms with Gasteiger partial charge >= 0.3 is 0 Å². The van der Waals surface area contributed by atoms with Crippen molar-refractivity contribution < 1.29 is 5.11 Å². The van der Waals surface area contributed by atoms with Gasteiger partial charge < -0.3 is 15.3 Å². The molecule has 0 saturated carbocycles. The van der Waals surface area contributed by atoms with Crippen LogP contribution in [0.15, 0.2) is 0 Å². The van der Waals surface area contributed by atoms with Gasteiger partial charge in [-0.25, -0.2) is 0 Å². The molecule has 0 fully saturated rings. The Morgan fingerprint density at radius 3 is 2.38 bits per heavy atom. The molecule has 0 aromatic carbocycles. The second-order valence-electron chi connectivity index (χ2n) is 4.07. The van der Waals surface area contributed by atoms with Crippen LogP contribution in [0, 0.1) is 5.92 Å². The fraction of sp³-hybridized carbons (Fsp3) is 1.00. The van der Waals surface area contributed by atoms with Crippen molar-refractivity contribution in [3.05, 3.63) is 0 Å². The molecule has 0 bridgehead atoms. The van der Waals surface area contributed by atoms with Gasteiger partial charge in [0.1, 0.15) is 0 Å². The van der Waals surface area contributed by atoms with Crippen LogP contribution in [0.5, 0.6) is 0 Å². The minimum Gasteiger partial charge on any atom is -0.396 e. The van der Waals surface area contributed by atoms with Gasteiger partial charge in [-0.15, -0.1) is 0 Å². The molecule has 0 aliphatic carbocycles. The van der Waals surface area contributed by atoms with Crippen LogP contribution in [0.2, 0.25) is 0 Å². The van der Waals surface area contributed by atoms with E-state index in [1.54, 1.807) is 0 Å². The molecule has 0 amide bonds. The molecule has 80 valence electrons. The predicted octanol–water partition coefficient (Wildman–Crippen LogP) is 0.545. The molecule has 2 N–H and O–H groups in total. The minimum absolute atomic E-state index is 0.271. The molecular weight excluding hydrogens is 164 g/mol. The molecule has 0 aliphatic heterocycles. The third kappa shape index (κ3) is 6.99. The quantitative estimate of drug-likeness (QED) is 0.573. The van der Waals surface area contributed by atoms with Crippen LogP contribution in [0.25, 0.3) is 0 Å². The number of likely N-dealkylation sites (N-methyl/N-ethyl adjacent to an activating group) is 1. The molecule has 0 saturated heterocycles. The molecular formula is C10H24N2O. The number of aliphatic hydroxyl groups is 1. The first-order chi connectivity index (χ1) is 6.07. The standard InChI is InChI=1S/C10H24N2O/c1-9(2)12(4)6-5-11-7-10(3)8-13/h9-11,13H,5-8H2,1-4H3. The van der Waals surface area contributed by atoms with Crippen LogP contribution in [0.1, 0.15) is 20.8 Å². The Morgan fingerprint density at radius 2 is 1.92 bits per heavy atom. The highest BCUT2D eigenvalue weighted by Gasteiger charge is 2.02. The van der Waals surface area contributed by atoms with Crippen LogP contribution in [0.3, 0.4) is 0 Å². The summed E-state index contributed by atoms with van der Waals surface area (Å²) in [6.07, 6.45) is 0. The second-order valence-corrected chi connectivity index (χ2v) is 4.07. The van der Waals surface area contributed by atoms with Crippen molar-refractivity contribution >= 4 is 0 Å². The SMILES string of the molecule is CC(CO)CNCCN(C)C(C)C. The molecule has 3 nitrogen and oxygen atoms in total. The van der Waals surface area contributed by atoms with Gasteiger partial charge in [-0.3, -0.25) is 0 Å². The van der Waals surface area contributed by atoms with Gasteiger partial charge in [0, 0.05) is 25.7 Å². The Balaban J connectivity index is 3.25. The zero-order valence-electron chi connectivity index (χ0n) is 9.38. The first kappa shape index (κ1) is 12.9. The zero-order chi connectivity index (χ0) is 10.3. The molecule has 0 aliphatic rings. The average Bonchev–Trinajstić information content (AvgIpc) is 2.11. The number of nitrogens with one attached hydrogen (secondary N) is 1. The van der Waals surface area contributed by atoms with E-state index in [9.17, 15) is 0 Å². The summed E-state index contributed by atoms with van der Waals surface area (Å²) < 4.78 is 0. The van der Waals surface area contributed by atoms with E-state index < -0.39 is 0 Å². The Kier molecular flexibility index (Phi) is 7.23. The van der Waals surface area contributed by atoms with E-state index in [1.807, 2.05) is 6.92 Å². The van der Waals surface area contributed by atoms with Crippen molar-refractivity contribution in [1.82, 2.24) is 10.2 Å². The Hall–Kier alpha value is -0.120. The van der Waals surface area contributed by atoms with Crippen molar-refractivity contribution in [1.29, 1.82) is 0 Å². The third-order valence-corrected chi connectivity index (χ3v) is 2.33. The van der Waals surface area contributed by atoms with Gasteiger partial charge in [0.05, 0.1) is 0 Å². The van der Waals surface area contributed by atoms with E-state index in [0.717, 1.165) is 19.6 Å². The van der Waals surface area contributed by atoms with E-state index in [2.05, 4.69) is 31.1 Å². The first-order valence-electron chi connectivity index (χ1n) is 5.09. The lowest BCUT2D eigenvalue weighted by molar-refractivity contribution is 0.228. The van der Waals surface area contributed by atoms with E-state index in [-0.39, 0.29) is 6.61 Å². The predicted molar refractivity (Wildman–Crippen MR) is 56.9 cm³/mol.